The lowest BCUT2D eigenvalue weighted by atomic mass is 10.1. The molecule has 3 aromatic rings. The molecule has 0 aliphatic heterocycles. The molecule has 0 bridgehead atoms. The van der Waals surface area contributed by atoms with Gasteiger partial charge in [0.15, 0.2) is 0 Å². The van der Waals surface area contributed by atoms with Gasteiger partial charge in [-0.1, -0.05) is 55.8 Å². The van der Waals surface area contributed by atoms with Gasteiger partial charge in [-0.3, -0.25) is 4.98 Å². The van der Waals surface area contributed by atoms with Gasteiger partial charge in [-0.2, -0.15) is 0 Å². The summed E-state index contributed by atoms with van der Waals surface area (Å²) in [6.45, 7) is 6.26. The molecule has 0 fully saturated rings. The standard InChI is InChI=1S/C18H14ClFN2O.C2H6/c1-12-7-14(16-9-22-18(19)10-21-16)15(20)8-17(12)23-11-13-5-3-2-4-6-13;1-2/h2-10H,11H2,1H3;1-2H3. The fraction of sp³-hybridized carbons (Fsp3) is 0.200. The zero-order chi connectivity index (χ0) is 18.2. The van der Waals surface area contributed by atoms with Crippen LogP contribution in [-0.2, 0) is 6.61 Å². The first-order chi connectivity index (χ1) is 12.1. The van der Waals surface area contributed by atoms with E-state index < -0.39 is 5.82 Å². The minimum Gasteiger partial charge on any atom is -0.489 e. The molecule has 0 spiro atoms. The smallest absolute Gasteiger partial charge is 0.147 e. The number of halogens is 2. The molecule has 0 saturated heterocycles. The third-order valence-corrected chi connectivity index (χ3v) is 3.59. The largest absolute Gasteiger partial charge is 0.489 e. The Kier molecular flexibility index (Phi) is 6.90. The van der Waals surface area contributed by atoms with E-state index >= 15 is 0 Å². The summed E-state index contributed by atoms with van der Waals surface area (Å²) in [5.74, 6) is 0.104. The molecule has 0 aliphatic rings. The van der Waals surface area contributed by atoms with Crippen LogP contribution in [0.2, 0.25) is 5.15 Å². The molecule has 0 radical (unpaired) electrons. The highest BCUT2D eigenvalue weighted by Crippen LogP contribution is 2.29. The van der Waals surface area contributed by atoms with Gasteiger partial charge in [-0.25, -0.2) is 9.37 Å². The normalized spacial score (nSPS) is 9.96. The molecule has 25 heavy (non-hydrogen) atoms. The molecule has 0 unspecified atom stereocenters. The van der Waals surface area contributed by atoms with Crippen LogP contribution in [0.1, 0.15) is 25.0 Å². The average Bonchev–Trinajstić information content (AvgIpc) is 2.65. The van der Waals surface area contributed by atoms with Crippen molar-refractivity contribution in [3.8, 4) is 17.0 Å². The molecule has 0 amide bonds. The summed E-state index contributed by atoms with van der Waals surface area (Å²) in [4.78, 5) is 8.03. The molecule has 2 aromatic carbocycles. The van der Waals surface area contributed by atoms with Gasteiger partial charge in [-0.15, -0.1) is 0 Å². The SMILES string of the molecule is CC.Cc1cc(-c2cnc(Cl)cn2)c(F)cc1OCc1ccccc1. The van der Waals surface area contributed by atoms with Gasteiger partial charge in [0.05, 0.1) is 18.1 Å². The Morgan fingerprint density at radius 3 is 2.40 bits per heavy atom. The molecule has 130 valence electrons. The van der Waals surface area contributed by atoms with E-state index in [0.717, 1.165) is 11.1 Å². The molecule has 3 nitrogen and oxygen atoms in total. The molecule has 3 rings (SSSR count). The van der Waals surface area contributed by atoms with Crippen molar-refractivity contribution in [1.29, 1.82) is 0 Å². The van der Waals surface area contributed by atoms with Gasteiger partial charge in [-0.05, 0) is 24.1 Å². The topological polar surface area (TPSA) is 35.0 Å². The van der Waals surface area contributed by atoms with Crippen LogP contribution in [0.4, 0.5) is 4.39 Å². The van der Waals surface area contributed by atoms with Crippen LogP contribution in [0.5, 0.6) is 5.75 Å². The Morgan fingerprint density at radius 1 is 1.04 bits per heavy atom. The first-order valence-electron chi connectivity index (χ1n) is 8.08. The van der Waals surface area contributed by atoms with Crippen LogP contribution < -0.4 is 4.74 Å². The van der Waals surface area contributed by atoms with E-state index in [2.05, 4.69) is 9.97 Å². The highest BCUT2D eigenvalue weighted by Gasteiger charge is 2.12. The highest BCUT2D eigenvalue weighted by molar-refractivity contribution is 6.29. The molecule has 0 N–H and O–H groups in total. The average molecular weight is 359 g/mol. The Hall–Kier alpha value is -2.46. The second kappa shape index (κ2) is 9.14. The van der Waals surface area contributed by atoms with Gasteiger partial charge in [0.1, 0.15) is 23.3 Å². The number of aryl methyl sites for hydroxylation is 1. The Balaban J connectivity index is 0.00000109. The van der Waals surface area contributed by atoms with Crippen molar-refractivity contribution < 1.29 is 9.13 Å². The zero-order valence-corrected chi connectivity index (χ0v) is 15.2. The maximum absolute atomic E-state index is 14.4. The maximum Gasteiger partial charge on any atom is 0.147 e. The minimum atomic E-state index is -0.407. The van der Waals surface area contributed by atoms with E-state index in [-0.39, 0.29) is 5.15 Å². The first-order valence-corrected chi connectivity index (χ1v) is 8.46. The Labute approximate surface area is 152 Å². The Bertz CT molecular complexity index is 808. The zero-order valence-electron chi connectivity index (χ0n) is 14.5. The van der Waals surface area contributed by atoms with E-state index in [4.69, 9.17) is 16.3 Å². The predicted molar refractivity (Wildman–Crippen MR) is 99.3 cm³/mol. The van der Waals surface area contributed by atoms with Crippen molar-refractivity contribution in [2.75, 3.05) is 0 Å². The first kappa shape index (κ1) is 18.9. The summed E-state index contributed by atoms with van der Waals surface area (Å²) in [5, 5.41) is 0.272. The number of ether oxygens (including phenoxy) is 1. The van der Waals surface area contributed by atoms with Crippen molar-refractivity contribution in [2.45, 2.75) is 27.4 Å². The van der Waals surface area contributed by atoms with E-state index in [0.29, 0.717) is 23.6 Å². The van der Waals surface area contributed by atoms with E-state index in [1.807, 2.05) is 51.1 Å². The molecular weight excluding hydrogens is 339 g/mol. The molecule has 0 atom stereocenters. The van der Waals surface area contributed by atoms with Gasteiger partial charge < -0.3 is 4.74 Å². The fourth-order valence-corrected chi connectivity index (χ4v) is 2.30. The number of hydrogen-bond acceptors (Lipinski definition) is 3. The van der Waals surface area contributed by atoms with Crippen LogP contribution >= 0.6 is 11.6 Å². The van der Waals surface area contributed by atoms with Crippen molar-refractivity contribution in [2.24, 2.45) is 0 Å². The van der Waals surface area contributed by atoms with Gasteiger partial charge in [0.2, 0.25) is 0 Å². The predicted octanol–water partition coefficient (Wildman–Crippen LogP) is 5.85. The third kappa shape index (κ3) is 5.00. The van der Waals surface area contributed by atoms with E-state index in [1.165, 1.54) is 18.5 Å². The van der Waals surface area contributed by atoms with Gasteiger partial charge >= 0.3 is 0 Å². The number of nitrogens with zero attached hydrogens (tertiary/aromatic N) is 2. The van der Waals surface area contributed by atoms with Crippen LogP contribution in [0, 0.1) is 12.7 Å². The summed E-state index contributed by atoms with van der Waals surface area (Å²) in [6.07, 6.45) is 2.84. The highest BCUT2D eigenvalue weighted by atomic mass is 35.5. The lowest BCUT2D eigenvalue weighted by Crippen LogP contribution is -1.99. The summed E-state index contributed by atoms with van der Waals surface area (Å²) >= 11 is 5.71. The van der Waals surface area contributed by atoms with Gasteiger partial charge in [0.25, 0.3) is 0 Å². The fourth-order valence-electron chi connectivity index (χ4n) is 2.20. The summed E-state index contributed by atoms with van der Waals surface area (Å²) in [7, 11) is 0. The minimum absolute atomic E-state index is 0.272. The number of hydrogen-bond donors (Lipinski definition) is 0. The molecule has 0 aliphatic carbocycles. The van der Waals surface area contributed by atoms with Crippen LogP contribution in [0.25, 0.3) is 11.3 Å². The van der Waals surface area contributed by atoms with E-state index in [9.17, 15) is 4.39 Å². The summed E-state index contributed by atoms with van der Waals surface area (Å²) < 4.78 is 20.1. The number of aromatic nitrogens is 2. The molecule has 0 saturated carbocycles. The number of rotatable bonds is 4. The van der Waals surface area contributed by atoms with Gasteiger partial charge in [0, 0.05) is 11.6 Å². The molecule has 5 heteroatoms. The van der Waals surface area contributed by atoms with Crippen molar-refractivity contribution in [1.82, 2.24) is 9.97 Å². The third-order valence-electron chi connectivity index (χ3n) is 3.40. The lowest BCUT2D eigenvalue weighted by Gasteiger charge is -2.12. The molecular formula is C20H20ClFN2O. The monoisotopic (exact) mass is 358 g/mol. The molecule has 1 heterocycles. The summed E-state index contributed by atoms with van der Waals surface area (Å²) in [5.41, 5.74) is 2.66. The second-order valence-electron chi connectivity index (χ2n) is 5.10. The lowest BCUT2D eigenvalue weighted by molar-refractivity contribution is 0.302. The molecule has 1 aromatic heterocycles. The second-order valence-corrected chi connectivity index (χ2v) is 5.48. The number of benzene rings is 2. The summed E-state index contributed by atoms with van der Waals surface area (Å²) in [6, 6.07) is 12.8. The quantitative estimate of drug-likeness (QED) is 0.586. The van der Waals surface area contributed by atoms with Crippen molar-refractivity contribution in [3.05, 3.63) is 77.0 Å². The van der Waals surface area contributed by atoms with E-state index in [1.54, 1.807) is 6.07 Å². The van der Waals surface area contributed by atoms with Crippen LogP contribution in [0.3, 0.4) is 0 Å². The van der Waals surface area contributed by atoms with Crippen molar-refractivity contribution >= 4 is 11.6 Å². The van der Waals surface area contributed by atoms with Crippen molar-refractivity contribution in [3.63, 3.8) is 0 Å². The van der Waals surface area contributed by atoms with Crippen LogP contribution in [-0.4, -0.2) is 9.97 Å². The van der Waals surface area contributed by atoms with Crippen LogP contribution in [0.15, 0.2) is 54.9 Å². The Morgan fingerprint density at radius 2 is 1.76 bits per heavy atom. The maximum atomic E-state index is 14.4.